The lowest BCUT2D eigenvalue weighted by atomic mass is 10.0. The van der Waals surface area contributed by atoms with Crippen LogP contribution in [-0.2, 0) is 26.1 Å². The van der Waals surface area contributed by atoms with Crippen LogP contribution in [0.2, 0.25) is 5.02 Å². The van der Waals surface area contributed by atoms with E-state index < -0.39 is 63.4 Å². The Morgan fingerprint density at radius 1 is 1.02 bits per heavy atom. The first-order chi connectivity index (χ1) is 21.5. The number of hydrogen-bond acceptors (Lipinski definition) is 7. The molecule has 2 saturated heterocycles. The minimum Gasteiger partial charge on any atom is -0.444 e. The van der Waals surface area contributed by atoms with Gasteiger partial charge in [-0.2, -0.15) is 8.78 Å². The van der Waals surface area contributed by atoms with Crippen molar-refractivity contribution in [1.29, 1.82) is 0 Å². The van der Waals surface area contributed by atoms with E-state index in [2.05, 4.69) is 4.90 Å². The van der Waals surface area contributed by atoms with Crippen molar-refractivity contribution in [2.24, 2.45) is 0 Å². The van der Waals surface area contributed by atoms with E-state index in [4.69, 9.17) is 16.3 Å². The molecule has 2 aromatic rings. The third kappa shape index (κ3) is 8.39. The van der Waals surface area contributed by atoms with Gasteiger partial charge < -0.3 is 9.64 Å². The summed E-state index contributed by atoms with van der Waals surface area (Å²) in [7, 11) is -4.18. The van der Waals surface area contributed by atoms with E-state index in [0.717, 1.165) is 34.6 Å². The number of amides is 3. The molecule has 0 radical (unpaired) electrons. The zero-order valence-corrected chi connectivity index (χ0v) is 26.8. The summed E-state index contributed by atoms with van der Waals surface area (Å²) in [4.78, 5) is 39.2. The number of alkyl halides is 2. The Bertz CT molecular complexity index is 1580. The molecule has 0 bridgehead atoms. The zero-order valence-electron chi connectivity index (χ0n) is 25.2. The Morgan fingerprint density at radius 3 is 2.24 bits per heavy atom. The van der Waals surface area contributed by atoms with Crippen LogP contribution in [0.4, 0.5) is 28.0 Å². The van der Waals surface area contributed by atoms with E-state index in [1.54, 1.807) is 31.1 Å². The molecular formula is C29H34ClF4N5O6S. The standard InChI is InChI=1S/C29H34ClF4N5O6S/c1-29(2,3)45-28(42)38-15-20(16-38)37-10-8-21(9-11-37)46(43,44)39(19-6-7-23(31)22(30)13-19)14-18-5-4-17(12-24(18)32)26(40)35-36-27(41)25(33)34/h4-7,12-13,20-21,25H,8-11,14-16H2,1-3H3,(H,35,40)(H,36,41). The number of anilines is 1. The minimum atomic E-state index is -4.18. The lowest BCUT2D eigenvalue weighted by Crippen LogP contribution is -2.63. The molecule has 2 heterocycles. The second-order valence-corrected chi connectivity index (χ2v) is 14.5. The summed E-state index contributed by atoms with van der Waals surface area (Å²) in [5, 5.41) is -1.22. The normalized spacial score (nSPS) is 16.6. The highest BCUT2D eigenvalue weighted by atomic mass is 35.5. The van der Waals surface area contributed by atoms with Gasteiger partial charge in [-0.1, -0.05) is 17.7 Å². The molecule has 11 nitrogen and oxygen atoms in total. The van der Waals surface area contributed by atoms with E-state index in [9.17, 15) is 36.0 Å². The van der Waals surface area contributed by atoms with Gasteiger partial charge in [-0.25, -0.2) is 22.0 Å². The van der Waals surface area contributed by atoms with Gasteiger partial charge in [-0.3, -0.25) is 29.6 Å². The van der Waals surface area contributed by atoms with Gasteiger partial charge in [0.05, 0.1) is 22.5 Å². The highest BCUT2D eigenvalue weighted by molar-refractivity contribution is 7.93. The number of rotatable bonds is 8. The molecule has 0 atom stereocenters. The van der Waals surface area contributed by atoms with Gasteiger partial charge >= 0.3 is 18.4 Å². The van der Waals surface area contributed by atoms with E-state index >= 15 is 4.39 Å². The Kier molecular flexibility index (Phi) is 10.7. The maximum Gasteiger partial charge on any atom is 0.410 e. The van der Waals surface area contributed by atoms with Crippen LogP contribution >= 0.6 is 11.6 Å². The Hall–Kier alpha value is -3.63. The molecule has 17 heteroatoms. The fraction of sp³-hybridized carbons (Fsp3) is 0.483. The van der Waals surface area contributed by atoms with Gasteiger partial charge in [0.15, 0.2) is 0 Å². The first-order valence-electron chi connectivity index (χ1n) is 14.3. The molecule has 2 aliphatic heterocycles. The summed E-state index contributed by atoms with van der Waals surface area (Å²) < 4.78 is 88.3. The molecule has 0 aliphatic carbocycles. The van der Waals surface area contributed by atoms with Crippen molar-refractivity contribution < 1.29 is 45.1 Å². The maximum atomic E-state index is 15.2. The molecule has 0 aromatic heterocycles. The van der Waals surface area contributed by atoms with E-state index in [0.29, 0.717) is 26.2 Å². The molecular weight excluding hydrogens is 658 g/mol. The van der Waals surface area contributed by atoms with Crippen molar-refractivity contribution in [3.63, 3.8) is 0 Å². The van der Waals surface area contributed by atoms with Crippen LogP contribution in [0.25, 0.3) is 0 Å². The summed E-state index contributed by atoms with van der Waals surface area (Å²) in [6.45, 7) is 6.57. The quantitative estimate of drug-likeness (QED) is 0.316. The van der Waals surface area contributed by atoms with Gasteiger partial charge in [0.2, 0.25) is 10.0 Å². The Balaban J connectivity index is 1.47. The van der Waals surface area contributed by atoms with Crippen LogP contribution in [0.3, 0.4) is 0 Å². The summed E-state index contributed by atoms with van der Waals surface area (Å²) in [6, 6.07) is 6.40. The van der Waals surface area contributed by atoms with Gasteiger partial charge in [-0.05, 0) is 77.0 Å². The summed E-state index contributed by atoms with van der Waals surface area (Å²) in [5.41, 5.74) is 2.14. The molecule has 252 valence electrons. The van der Waals surface area contributed by atoms with Gasteiger partial charge in [-0.15, -0.1) is 0 Å². The number of nitrogens with one attached hydrogen (secondary N) is 2. The number of nitrogens with zero attached hydrogens (tertiary/aromatic N) is 3. The predicted octanol–water partition coefficient (Wildman–Crippen LogP) is 4.06. The highest BCUT2D eigenvalue weighted by Gasteiger charge is 2.41. The van der Waals surface area contributed by atoms with Gasteiger partial charge in [0, 0.05) is 30.3 Å². The van der Waals surface area contributed by atoms with E-state index in [1.165, 1.54) is 11.5 Å². The van der Waals surface area contributed by atoms with Crippen molar-refractivity contribution >= 4 is 45.2 Å². The molecule has 0 unspecified atom stereocenters. The maximum absolute atomic E-state index is 15.2. The molecule has 3 amide bonds. The molecule has 0 saturated carbocycles. The van der Waals surface area contributed by atoms with Crippen LogP contribution in [0, 0.1) is 11.6 Å². The summed E-state index contributed by atoms with van der Waals surface area (Å²) >= 11 is 5.97. The average molecular weight is 692 g/mol. The Labute approximate surface area is 268 Å². The number of halogens is 5. The summed E-state index contributed by atoms with van der Waals surface area (Å²) in [5.74, 6) is -4.61. The second-order valence-electron chi connectivity index (χ2n) is 12.0. The molecule has 2 fully saturated rings. The second kappa shape index (κ2) is 14.0. The van der Waals surface area contributed by atoms with Crippen LogP contribution < -0.4 is 15.2 Å². The fourth-order valence-corrected chi connectivity index (χ4v) is 7.13. The SMILES string of the molecule is CC(C)(C)OC(=O)N1CC(N2CCC(S(=O)(=O)N(Cc3ccc(C(=O)NNC(=O)C(F)F)cc3F)c3ccc(F)c(Cl)c3)CC2)C1. The van der Waals surface area contributed by atoms with E-state index in [-0.39, 0.29) is 40.7 Å². The first-order valence-corrected chi connectivity index (χ1v) is 16.2. The molecule has 46 heavy (non-hydrogen) atoms. The largest absolute Gasteiger partial charge is 0.444 e. The fourth-order valence-electron chi connectivity index (χ4n) is 5.07. The number of hydrogen-bond donors (Lipinski definition) is 2. The number of carbonyl (C=O) groups excluding carboxylic acids is 3. The third-order valence-electron chi connectivity index (χ3n) is 7.55. The first kappa shape index (κ1) is 35.2. The molecule has 4 rings (SSSR count). The highest BCUT2D eigenvalue weighted by Crippen LogP contribution is 2.32. The number of carbonyl (C=O) groups is 3. The molecule has 0 spiro atoms. The van der Waals surface area contributed by atoms with Crippen LogP contribution in [-0.4, -0.2) is 85.6 Å². The smallest absolute Gasteiger partial charge is 0.410 e. The monoisotopic (exact) mass is 691 g/mol. The predicted molar refractivity (Wildman–Crippen MR) is 161 cm³/mol. The number of ether oxygens (including phenoxy) is 1. The number of likely N-dealkylation sites (tertiary alicyclic amines) is 2. The molecule has 2 aromatic carbocycles. The van der Waals surface area contributed by atoms with E-state index in [1.807, 2.05) is 0 Å². The van der Waals surface area contributed by atoms with Crippen molar-refractivity contribution in [3.8, 4) is 0 Å². The molecule has 2 aliphatic rings. The number of sulfonamides is 1. The third-order valence-corrected chi connectivity index (χ3v) is 10.1. The Morgan fingerprint density at radius 2 is 1.67 bits per heavy atom. The zero-order chi connectivity index (χ0) is 34.0. The average Bonchev–Trinajstić information content (AvgIpc) is 2.95. The topological polar surface area (TPSA) is 128 Å². The van der Waals surface area contributed by atoms with Crippen LogP contribution in [0.1, 0.15) is 49.5 Å². The van der Waals surface area contributed by atoms with Crippen molar-refractivity contribution in [1.82, 2.24) is 20.7 Å². The number of hydrazine groups is 1. The van der Waals surface area contributed by atoms with Crippen molar-refractivity contribution in [3.05, 3.63) is 64.2 Å². The van der Waals surface area contributed by atoms with Crippen molar-refractivity contribution in [2.45, 2.75) is 63.5 Å². The molecule has 2 N–H and O–H groups in total. The lowest BCUT2D eigenvalue weighted by Gasteiger charge is -2.47. The van der Waals surface area contributed by atoms with Crippen LogP contribution in [0.5, 0.6) is 0 Å². The van der Waals surface area contributed by atoms with Crippen LogP contribution in [0.15, 0.2) is 36.4 Å². The lowest BCUT2D eigenvalue weighted by molar-refractivity contribution is -0.132. The van der Waals surface area contributed by atoms with Crippen molar-refractivity contribution in [2.75, 3.05) is 30.5 Å². The van der Waals surface area contributed by atoms with Gasteiger partial charge in [0.1, 0.15) is 17.2 Å². The van der Waals surface area contributed by atoms with Gasteiger partial charge in [0.25, 0.3) is 5.91 Å². The minimum absolute atomic E-state index is 0.00300. The number of benzene rings is 2. The number of piperidine rings is 1. The summed E-state index contributed by atoms with van der Waals surface area (Å²) in [6.07, 6.45) is -3.31.